The normalized spacial score (nSPS) is 26.1. The third kappa shape index (κ3) is 3.58. The van der Waals surface area contributed by atoms with E-state index in [1.165, 1.54) is 37.0 Å². The SMILES string of the molecule is O=C(O)CCCNC(=O)Nc1nc(C2CC3CCC2C3)cs1. The number of aliphatic carboxylic acids is 1. The predicted octanol–water partition coefficient (Wildman–Crippen LogP) is 3.03. The number of carboxylic acid groups (broad SMARTS) is 1. The van der Waals surface area contributed by atoms with Gasteiger partial charge in [-0.15, -0.1) is 11.3 Å². The number of hydrogen-bond acceptors (Lipinski definition) is 4. The van der Waals surface area contributed by atoms with Gasteiger partial charge >= 0.3 is 12.0 Å². The molecule has 0 radical (unpaired) electrons. The number of nitrogens with zero attached hydrogens (tertiary/aromatic N) is 1. The van der Waals surface area contributed by atoms with Crippen molar-refractivity contribution in [3.63, 3.8) is 0 Å². The van der Waals surface area contributed by atoms with Crippen LogP contribution in [0.25, 0.3) is 0 Å². The number of anilines is 1. The van der Waals surface area contributed by atoms with Gasteiger partial charge in [0.25, 0.3) is 0 Å². The molecular formula is C15H21N3O3S. The van der Waals surface area contributed by atoms with Gasteiger partial charge in [0.2, 0.25) is 0 Å². The molecule has 2 bridgehead atoms. The van der Waals surface area contributed by atoms with Gasteiger partial charge in [-0.25, -0.2) is 9.78 Å². The lowest BCUT2D eigenvalue weighted by molar-refractivity contribution is -0.137. The van der Waals surface area contributed by atoms with E-state index < -0.39 is 5.97 Å². The summed E-state index contributed by atoms with van der Waals surface area (Å²) in [6, 6.07) is -0.320. The van der Waals surface area contributed by atoms with Gasteiger partial charge in [-0.2, -0.15) is 0 Å². The molecule has 120 valence electrons. The average Bonchev–Trinajstić information content (AvgIpc) is 3.19. The second kappa shape index (κ2) is 6.64. The fourth-order valence-corrected chi connectivity index (χ4v) is 4.47. The van der Waals surface area contributed by atoms with Crippen molar-refractivity contribution in [2.45, 2.75) is 44.4 Å². The van der Waals surface area contributed by atoms with E-state index in [1.807, 2.05) is 0 Å². The second-order valence-electron chi connectivity index (χ2n) is 6.24. The Morgan fingerprint density at radius 1 is 1.36 bits per heavy atom. The topological polar surface area (TPSA) is 91.3 Å². The van der Waals surface area contributed by atoms with Crippen molar-refractivity contribution < 1.29 is 14.7 Å². The quantitative estimate of drug-likeness (QED) is 0.702. The molecule has 6 nitrogen and oxygen atoms in total. The van der Waals surface area contributed by atoms with Crippen LogP contribution in [0.15, 0.2) is 5.38 Å². The Kier molecular flexibility index (Phi) is 4.61. The standard InChI is InChI=1S/C15H21N3O3S/c19-13(20)2-1-5-16-14(21)18-15-17-12(8-22-15)11-7-9-3-4-10(11)6-9/h8-11H,1-7H2,(H,19,20)(H2,16,17,18,21). The minimum Gasteiger partial charge on any atom is -0.481 e. The zero-order valence-electron chi connectivity index (χ0n) is 12.4. The van der Waals surface area contributed by atoms with Crippen LogP contribution in [-0.4, -0.2) is 28.6 Å². The van der Waals surface area contributed by atoms with Gasteiger partial charge in [0.1, 0.15) is 0 Å². The second-order valence-corrected chi connectivity index (χ2v) is 7.10. The molecule has 0 aromatic carbocycles. The third-order valence-electron chi connectivity index (χ3n) is 4.71. The van der Waals surface area contributed by atoms with Crippen molar-refractivity contribution in [1.29, 1.82) is 0 Å². The average molecular weight is 323 g/mol. The zero-order valence-corrected chi connectivity index (χ0v) is 13.2. The van der Waals surface area contributed by atoms with Crippen LogP contribution < -0.4 is 10.6 Å². The summed E-state index contributed by atoms with van der Waals surface area (Å²) < 4.78 is 0. The molecule has 0 spiro atoms. The van der Waals surface area contributed by atoms with E-state index in [2.05, 4.69) is 21.0 Å². The number of fused-ring (bicyclic) bond motifs is 2. The van der Waals surface area contributed by atoms with Gasteiger partial charge in [0.05, 0.1) is 5.69 Å². The van der Waals surface area contributed by atoms with Gasteiger partial charge in [0.15, 0.2) is 5.13 Å². The molecule has 22 heavy (non-hydrogen) atoms. The Labute approximate surface area is 133 Å². The van der Waals surface area contributed by atoms with Crippen LogP contribution in [0.2, 0.25) is 0 Å². The number of amides is 2. The van der Waals surface area contributed by atoms with E-state index in [0.29, 0.717) is 24.0 Å². The molecule has 2 saturated carbocycles. The summed E-state index contributed by atoms with van der Waals surface area (Å²) in [6.07, 6.45) is 5.77. The molecule has 1 aromatic heterocycles. The van der Waals surface area contributed by atoms with Crippen molar-refractivity contribution in [3.05, 3.63) is 11.1 Å². The van der Waals surface area contributed by atoms with E-state index in [0.717, 1.165) is 17.5 Å². The van der Waals surface area contributed by atoms with E-state index in [9.17, 15) is 9.59 Å². The number of carbonyl (C=O) groups is 2. The van der Waals surface area contributed by atoms with Crippen molar-refractivity contribution in [1.82, 2.24) is 10.3 Å². The fraction of sp³-hybridized carbons (Fsp3) is 0.667. The number of urea groups is 1. The van der Waals surface area contributed by atoms with Crippen LogP contribution in [0.4, 0.5) is 9.93 Å². The molecule has 3 rings (SSSR count). The highest BCUT2D eigenvalue weighted by atomic mass is 32.1. The summed E-state index contributed by atoms with van der Waals surface area (Å²) in [6.45, 7) is 0.350. The Balaban J connectivity index is 1.45. The number of nitrogens with one attached hydrogen (secondary N) is 2. The monoisotopic (exact) mass is 323 g/mol. The Bertz CT molecular complexity index is 560. The minimum atomic E-state index is -0.849. The highest BCUT2D eigenvalue weighted by Crippen LogP contribution is 2.52. The minimum absolute atomic E-state index is 0.0614. The van der Waals surface area contributed by atoms with Crippen molar-refractivity contribution in [3.8, 4) is 0 Å². The van der Waals surface area contributed by atoms with E-state index in [-0.39, 0.29) is 12.5 Å². The maximum atomic E-state index is 11.7. The first-order chi connectivity index (χ1) is 10.6. The molecule has 2 fully saturated rings. The summed E-state index contributed by atoms with van der Waals surface area (Å²) in [5.41, 5.74) is 1.12. The van der Waals surface area contributed by atoms with Crippen LogP contribution in [0.5, 0.6) is 0 Å². The first-order valence-corrected chi connectivity index (χ1v) is 8.72. The van der Waals surface area contributed by atoms with E-state index in [4.69, 9.17) is 5.11 Å². The predicted molar refractivity (Wildman–Crippen MR) is 84.2 cm³/mol. The summed E-state index contributed by atoms with van der Waals surface area (Å²) >= 11 is 1.46. The maximum Gasteiger partial charge on any atom is 0.321 e. The fourth-order valence-electron chi connectivity index (χ4n) is 3.70. The zero-order chi connectivity index (χ0) is 15.5. The van der Waals surface area contributed by atoms with Gasteiger partial charge in [-0.3, -0.25) is 10.1 Å². The van der Waals surface area contributed by atoms with Crippen molar-refractivity contribution in [2.24, 2.45) is 11.8 Å². The van der Waals surface area contributed by atoms with Crippen molar-refractivity contribution >= 4 is 28.5 Å². The summed E-state index contributed by atoms with van der Waals surface area (Å²) in [4.78, 5) is 26.7. The van der Waals surface area contributed by atoms with Gasteiger partial charge in [-0.1, -0.05) is 6.42 Å². The molecule has 2 amide bonds. The number of carboxylic acids is 1. The van der Waals surface area contributed by atoms with E-state index >= 15 is 0 Å². The largest absolute Gasteiger partial charge is 0.481 e. The smallest absolute Gasteiger partial charge is 0.321 e. The Morgan fingerprint density at radius 2 is 2.23 bits per heavy atom. The lowest BCUT2D eigenvalue weighted by atomic mass is 9.87. The van der Waals surface area contributed by atoms with Crippen LogP contribution in [0.3, 0.4) is 0 Å². The first kappa shape index (κ1) is 15.3. The highest BCUT2D eigenvalue weighted by molar-refractivity contribution is 7.13. The molecule has 3 atom stereocenters. The number of hydrogen-bond donors (Lipinski definition) is 3. The molecule has 2 aliphatic rings. The molecule has 1 aromatic rings. The molecule has 3 unspecified atom stereocenters. The van der Waals surface area contributed by atoms with Crippen molar-refractivity contribution in [2.75, 3.05) is 11.9 Å². The van der Waals surface area contributed by atoms with Gasteiger partial charge < -0.3 is 10.4 Å². The molecule has 0 saturated heterocycles. The lowest BCUT2D eigenvalue weighted by Crippen LogP contribution is -2.29. The molecule has 7 heteroatoms. The van der Waals surface area contributed by atoms with E-state index in [1.54, 1.807) is 0 Å². The van der Waals surface area contributed by atoms with Crippen LogP contribution in [0, 0.1) is 11.8 Å². The van der Waals surface area contributed by atoms with Crippen LogP contribution in [-0.2, 0) is 4.79 Å². The summed E-state index contributed by atoms with van der Waals surface area (Å²) in [5.74, 6) is 1.39. The summed E-state index contributed by atoms with van der Waals surface area (Å²) in [7, 11) is 0. The Morgan fingerprint density at radius 3 is 2.91 bits per heavy atom. The first-order valence-electron chi connectivity index (χ1n) is 7.84. The number of rotatable bonds is 6. The molecular weight excluding hydrogens is 302 g/mol. The molecule has 1 heterocycles. The van der Waals surface area contributed by atoms with Crippen LogP contribution in [0.1, 0.15) is 50.1 Å². The van der Waals surface area contributed by atoms with Gasteiger partial charge in [-0.05, 0) is 37.5 Å². The van der Waals surface area contributed by atoms with Gasteiger partial charge in [0, 0.05) is 24.3 Å². The highest BCUT2D eigenvalue weighted by Gasteiger charge is 2.41. The van der Waals surface area contributed by atoms with Crippen LogP contribution >= 0.6 is 11.3 Å². The number of carbonyl (C=O) groups excluding carboxylic acids is 1. The summed E-state index contributed by atoms with van der Waals surface area (Å²) in [5, 5.41) is 16.6. The molecule has 2 aliphatic carbocycles. The number of aromatic nitrogens is 1. The lowest BCUT2D eigenvalue weighted by Gasteiger charge is -2.19. The molecule has 0 aliphatic heterocycles. The molecule has 3 N–H and O–H groups in total. The number of thiazole rings is 1. The Hall–Kier alpha value is -1.63. The third-order valence-corrected chi connectivity index (χ3v) is 5.49. The maximum absolute atomic E-state index is 11.7.